The number of hydrogen-bond donors (Lipinski definition) is 1. The van der Waals surface area contributed by atoms with Crippen LogP contribution >= 0.6 is 0 Å². The Hall–Kier alpha value is -3.89. The van der Waals surface area contributed by atoms with Crippen LogP contribution in [0.2, 0.25) is 0 Å². The fraction of sp³-hybridized carbons (Fsp3) is 0.629. The van der Waals surface area contributed by atoms with E-state index in [2.05, 4.69) is 5.32 Å². The fourth-order valence-electron chi connectivity index (χ4n) is 6.53. The van der Waals surface area contributed by atoms with Crippen LogP contribution in [0.1, 0.15) is 86.8 Å². The van der Waals surface area contributed by atoms with Gasteiger partial charge in [0.05, 0.1) is 24.7 Å². The van der Waals surface area contributed by atoms with Crippen LogP contribution in [0.3, 0.4) is 0 Å². The molecule has 0 spiro atoms. The van der Waals surface area contributed by atoms with Crippen LogP contribution in [0.15, 0.2) is 24.3 Å². The Labute approximate surface area is 271 Å². The zero-order valence-corrected chi connectivity index (χ0v) is 28.5. The molecule has 6 atom stereocenters. The summed E-state index contributed by atoms with van der Waals surface area (Å²) in [5.74, 6) is -0.275. The summed E-state index contributed by atoms with van der Waals surface area (Å²) in [6, 6.07) is 3.55. The van der Waals surface area contributed by atoms with Crippen LogP contribution in [-0.2, 0) is 19.1 Å². The first kappa shape index (κ1) is 33.5. The third-order valence-electron chi connectivity index (χ3n) is 9.26. The Morgan fingerprint density at radius 3 is 2.52 bits per heavy atom. The van der Waals surface area contributed by atoms with Gasteiger partial charge in [-0.05, 0) is 70.1 Å². The van der Waals surface area contributed by atoms with Crippen molar-refractivity contribution < 1.29 is 33.3 Å². The average Bonchev–Trinajstić information content (AvgIpc) is 3.55. The first-order valence-electron chi connectivity index (χ1n) is 16.3. The highest BCUT2D eigenvalue weighted by Crippen LogP contribution is 2.52. The number of rotatable bonds is 3. The maximum absolute atomic E-state index is 14.4. The first-order chi connectivity index (χ1) is 21.5. The number of methoxy groups -OCH3 is 1. The van der Waals surface area contributed by atoms with E-state index < -0.39 is 58.7 Å². The van der Waals surface area contributed by atoms with Gasteiger partial charge in [-0.15, -0.1) is 0 Å². The molecule has 1 saturated heterocycles. The molecule has 2 amide bonds. The van der Waals surface area contributed by atoms with Gasteiger partial charge in [0, 0.05) is 17.9 Å². The fourth-order valence-corrected chi connectivity index (χ4v) is 6.53. The Morgan fingerprint density at radius 2 is 1.87 bits per heavy atom. The van der Waals surface area contributed by atoms with E-state index in [9.17, 15) is 14.4 Å². The Kier molecular flexibility index (Phi) is 9.00. The summed E-state index contributed by atoms with van der Waals surface area (Å²) in [5.41, 5.74) is -0.217. The van der Waals surface area contributed by atoms with Gasteiger partial charge in [0.25, 0.3) is 0 Å². The largest absolute Gasteiger partial charge is 0.497 e. The lowest BCUT2D eigenvalue weighted by atomic mass is 9.85. The molecule has 2 aliphatic heterocycles. The maximum atomic E-state index is 14.4. The Bertz CT molecular complexity index is 1530. The molecule has 3 heterocycles. The quantitative estimate of drug-likeness (QED) is 0.423. The van der Waals surface area contributed by atoms with Gasteiger partial charge in [0.2, 0.25) is 11.8 Å². The third kappa shape index (κ3) is 6.93. The number of amides is 2. The number of carbonyl (C=O) groups excluding carboxylic acids is 3. The van der Waals surface area contributed by atoms with Crippen molar-refractivity contribution in [3.05, 3.63) is 30.0 Å². The minimum atomic E-state index is -0.970. The topological polar surface area (TPSA) is 129 Å². The SMILES string of the molecule is CC[C@]12CC1CC/C=C/c1nc3ccc(OC)cc3nc1O[C@H]1CN(C(=O)[C@H](C(C)(C)C)NC(=O)O2)[C@H](C(=O)OC(C)(C)C)[C@@H]1C. The number of allylic oxidation sites excluding steroid dienone is 1. The van der Waals surface area contributed by atoms with Gasteiger partial charge in [-0.1, -0.05) is 40.7 Å². The number of fused-ring (bicyclic) bond motifs is 5. The van der Waals surface area contributed by atoms with Crippen LogP contribution < -0.4 is 14.8 Å². The molecule has 11 heteroatoms. The van der Waals surface area contributed by atoms with Gasteiger partial charge in [-0.2, -0.15) is 0 Å². The van der Waals surface area contributed by atoms with Crippen LogP contribution in [0.4, 0.5) is 4.79 Å². The standard InChI is InChI=1S/C35H48N4O7/c1-10-35-18-21(35)13-11-12-14-24-29(37-25-17-22(43-9)15-16-23(25)36-24)44-26-19-39(27(20(26)2)31(41)45-34(6,7)8)30(40)28(33(3,4)5)38-32(42)46-35/h12,14-17,20-21,26-28H,10-11,13,18-19H2,1-9H3,(H,38,42)/b14-12+/t20-,21?,26+,27+,28-,35+/m1/s1. The predicted molar refractivity (Wildman–Crippen MR) is 173 cm³/mol. The summed E-state index contributed by atoms with van der Waals surface area (Å²) in [7, 11) is 1.59. The predicted octanol–water partition coefficient (Wildman–Crippen LogP) is 5.69. The summed E-state index contributed by atoms with van der Waals surface area (Å²) in [6.45, 7) is 14.9. The van der Waals surface area contributed by atoms with E-state index >= 15 is 0 Å². The molecule has 3 aliphatic rings. The van der Waals surface area contributed by atoms with Crippen LogP contribution in [0, 0.1) is 17.3 Å². The minimum absolute atomic E-state index is 0.0785. The number of esters is 1. The van der Waals surface area contributed by atoms with E-state index in [1.807, 2.05) is 58.9 Å². The lowest BCUT2D eigenvalue weighted by Gasteiger charge is -2.36. The van der Waals surface area contributed by atoms with Crippen molar-refractivity contribution in [3.8, 4) is 11.6 Å². The summed E-state index contributed by atoms with van der Waals surface area (Å²) < 4.78 is 23.9. The van der Waals surface area contributed by atoms with E-state index in [-0.39, 0.29) is 12.5 Å². The Balaban J connectivity index is 1.60. The van der Waals surface area contributed by atoms with Gasteiger partial charge in [0.1, 0.15) is 40.8 Å². The minimum Gasteiger partial charge on any atom is -0.497 e. The monoisotopic (exact) mass is 636 g/mol. The number of ether oxygens (including phenoxy) is 4. The van der Waals surface area contributed by atoms with Gasteiger partial charge >= 0.3 is 12.1 Å². The molecular formula is C35H48N4O7. The van der Waals surface area contributed by atoms with E-state index in [1.54, 1.807) is 33.9 Å². The number of hydrogen-bond acceptors (Lipinski definition) is 9. The molecule has 2 bridgehead atoms. The summed E-state index contributed by atoms with van der Waals surface area (Å²) in [5, 5.41) is 2.88. The molecule has 46 heavy (non-hydrogen) atoms. The zero-order valence-electron chi connectivity index (χ0n) is 28.5. The smallest absolute Gasteiger partial charge is 0.408 e. The van der Waals surface area contributed by atoms with Gasteiger partial charge in [-0.3, -0.25) is 4.79 Å². The molecule has 2 aromatic rings. The van der Waals surface area contributed by atoms with E-state index in [1.165, 1.54) is 4.90 Å². The molecule has 1 aliphatic carbocycles. The molecule has 250 valence electrons. The molecule has 11 nitrogen and oxygen atoms in total. The van der Waals surface area contributed by atoms with Crippen molar-refractivity contribution in [2.75, 3.05) is 13.7 Å². The van der Waals surface area contributed by atoms with Gasteiger partial charge in [0.15, 0.2) is 0 Å². The van der Waals surface area contributed by atoms with Gasteiger partial charge in [-0.25, -0.2) is 19.6 Å². The highest BCUT2D eigenvalue weighted by atomic mass is 16.6. The number of benzene rings is 1. The van der Waals surface area contributed by atoms with E-state index in [0.29, 0.717) is 34.8 Å². The van der Waals surface area contributed by atoms with Crippen LogP contribution in [-0.4, -0.2) is 75.9 Å². The van der Waals surface area contributed by atoms with Gasteiger partial charge < -0.3 is 29.2 Å². The van der Waals surface area contributed by atoms with Crippen molar-refractivity contribution in [1.29, 1.82) is 0 Å². The lowest BCUT2D eigenvalue weighted by molar-refractivity contribution is -0.165. The molecule has 1 aromatic carbocycles. The maximum Gasteiger partial charge on any atom is 0.408 e. The second-order valence-corrected chi connectivity index (χ2v) is 14.9. The average molecular weight is 637 g/mol. The summed E-state index contributed by atoms with van der Waals surface area (Å²) in [4.78, 5) is 52.7. The van der Waals surface area contributed by atoms with Crippen LogP contribution in [0.25, 0.3) is 17.1 Å². The van der Waals surface area contributed by atoms with Crippen molar-refractivity contribution in [2.24, 2.45) is 17.3 Å². The second kappa shape index (κ2) is 12.4. The normalized spacial score (nSPS) is 29.4. The molecule has 1 unspecified atom stereocenters. The van der Waals surface area contributed by atoms with Crippen molar-refractivity contribution in [3.63, 3.8) is 0 Å². The highest BCUT2D eigenvalue weighted by Gasteiger charge is 2.56. The van der Waals surface area contributed by atoms with E-state index in [4.69, 9.17) is 28.9 Å². The van der Waals surface area contributed by atoms with Crippen molar-refractivity contribution in [2.45, 2.75) is 110 Å². The molecule has 1 N–H and O–H groups in total. The van der Waals surface area contributed by atoms with Crippen molar-refractivity contribution in [1.82, 2.24) is 20.2 Å². The summed E-state index contributed by atoms with van der Waals surface area (Å²) >= 11 is 0. The molecule has 1 saturated carbocycles. The second-order valence-electron chi connectivity index (χ2n) is 14.9. The number of nitrogens with one attached hydrogen (secondary N) is 1. The Morgan fingerprint density at radius 1 is 1.13 bits per heavy atom. The third-order valence-corrected chi connectivity index (χ3v) is 9.26. The number of aromatic nitrogens is 2. The van der Waals surface area contributed by atoms with E-state index in [0.717, 1.165) is 19.3 Å². The zero-order chi connectivity index (χ0) is 33.6. The molecule has 5 rings (SSSR count). The molecule has 0 radical (unpaired) electrons. The van der Waals surface area contributed by atoms with Crippen molar-refractivity contribution >= 4 is 35.1 Å². The first-order valence-corrected chi connectivity index (χ1v) is 16.3. The molecule has 2 fully saturated rings. The number of nitrogens with zero attached hydrogens (tertiary/aromatic N) is 3. The lowest BCUT2D eigenvalue weighted by Crippen LogP contribution is -2.58. The molecule has 1 aromatic heterocycles. The highest BCUT2D eigenvalue weighted by molar-refractivity contribution is 5.91. The number of alkyl carbamates (subject to hydrolysis) is 1. The van der Waals surface area contributed by atoms with Crippen LogP contribution in [0.5, 0.6) is 11.6 Å². The number of carbonyl (C=O) groups is 3. The summed E-state index contributed by atoms with van der Waals surface area (Å²) in [6.07, 6.45) is 5.70. The molecular weight excluding hydrogens is 588 g/mol.